The SMILES string of the molecule is COC(=O)C1(NC(=O)Nc2cc(F)ccc2F)CC1. The van der Waals surface area contributed by atoms with Gasteiger partial charge in [0.2, 0.25) is 0 Å². The third-order valence-corrected chi connectivity index (χ3v) is 2.86. The molecule has 0 heterocycles. The van der Waals surface area contributed by atoms with Gasteiger partial charge in [-0.25, -0.2) is 18.4 Å². The Morgan fingerprint density at radius 1 is 1.32 bits per heavy atom. The summed E-state index contributed by atoms with van der Waals surface area (Å²) in [5.74, 6) is -1.99. The van der Waals surface area contributed by atoms with Gasteiger partial charge in [-0.3, -0.25) is 0 Å². The number of halogens is 2. The van der Waals surface area contributed by atoms with Crippen LogP contribution in [0.25, 0.3) is 0 Å². The van der Waals surface area contributed by atoms with Crippen LogP contribution in [0.4, 0.5) is 19.3 Å². The van der Waals surface area contributed by atoms with E-state index in [9.17, 15) is 18.4 Å². The minimum absolute atomic E-state index is 0.293. The third-order valence-electron chi connectivity index (χ3n) is 2.86. The van der Waals surface area contributed by atoms with Gasteiger partial charge in [0.05, 0.1) is 12.8 Å². The Morgan fingerprint density at radius 2 is 2.00 bits per heavy atom. The van der Waals surface area contributed by atoms with E-state index in [1.165, 1.54) is 7.11 Å². The zero-order valence-corrected chi connectivity index (χ0v) is 10.1. The Hall–Kier alpha value is -2.18. The van der Waals surface area contributed by atoms with Gasteiger partial charge in [0, 0.05) is 6.07 Å². The molecule has 0 aliphatic heterocycles. The topological polar surface area (TPSA) is 67.4 Å². The summed E-state index contributed by atoms with van der Waals surface area (Å²) in [5.41, 5.74) is -1.33. The highest BCUT2D eigenvalue weighted by Gasteiger charge is 2.52. The number of methoxy groups -OCH3 is 1. The highest BCUT2D eigenvalue weighted by molar-refractivity contribution is 5.95. The van der Waals surface area contributed by atoms with Gasteiger partial charge in [0.15, 0.2) is 0 Å². The molecule has 5 nitrogen and oxygen atoms in total. The Balaban J connectivity index is 2.02. The molecule has 1 aliphatic rings. The molecular formula is C12H12F2N2O3. The second kappa shape index (κ2) is 4.83. The summed E-state index contributed by atoms with van der Waals surface area (Å²) in [5, 5.41) is 4.55. The van der Waals surface area contributed by atoms with E-state index >= 15 is 0 Å². The molecule has 1 aromatic rings. The van der Waals surface area contributed by atoms with Crippen LogP contribution in [-0.4, -0.2) is 24.6 Å². The number of amides is 2. The van der Waals surface area contributed by atoms with Gasteiger partial charge >= 0.3 is 12.0 Å². The number of carbonyl (C=O) groups excluding carboxylic acids is 2. The van der Waals surface area contributed by atoms with Crippen LogP contribution in [0.2, 0.25) is 0 Å². The number of esters is 1. The highest BCUT2D eigenvalue weighted by Crippen LogP contribution is 2.36. The largest absolute Gasteiger partial charge is 0.467 e. The van der Waals surface area contributed by atoms with Crippen molar-refractivity contribution < 1.29 is 23.1 Å². The molecule has 0 unspecified atom stereocenters. The monoisotopic (exact) mass is 270 g/mol. The van der Waals surface area contributed by atoms with E-state index in [0.29, 0.717) is 12.8 Å². The van der Waals surface area contributed by atoms with Gasteiger partial charge in [-0.1, -0.05) is 0 Å². The maximum absolute atomic E-state index is 13.3. The summed E-state index contributed by atoms with van der Waals surface area (Å²) in [6.07, 6.45) is 0.914. The molecule has 0 saturated heterocycles. The minimum atomic E-state index is -1.04. The van der Waals surface area contributed by atoms with E-state index in [-0.39, 0.29) is 5.69 Å². The average molecular weight is 270 g/mol. The van der Waals surface area contributed by atoms with Crippen LogP contribution in [0.3, 0.4) is 0 Å². The third kappa shape index (κ3) is 2.81. The maximum atomic E-state index is 13.3. The van der Waals surface area contributed by atoms with Gasteiger partial charge < -0.3 is 15.4 Å². The van der Waals surface area contributed by atoms with E-state index in [1.54, 1.807) is 0 Å². The van der Waals surface area contributed by atoms with Crippen LogP contribution < -0.4 is 10.6 Å². The molecule has 2 amide bonds. The van der Waals surface area contributed by atoms with Crippen molar-refractivity contribution in [3.8, 4) is 0 Å². The number of hydrogen-bond donors (Lipinski definition) is 2. The molecule has 0 atom stereocenters. The summed E-state index contributed by atoms with van der Waals surface area (Å²) >= 11 is 0. The van der Waals surface area contributed by atoms with Crippen molar-refractivity contribution in [3.05, 3.63) is 29.8 Å². The Kier molecular flexibility index (Phi) is 3.37. The molecule has 2 rings (SSSR count). The number of anilines is 1. The Morgan fingerprint density at radius 3 is 2.58 bits per heavy atom. The molecule has 0 radical (unpaired) electrons. The lowest BCUT2D eigenvalue weighted by molar-refractivity contribution is -0.144. The van der Waals surface area contributed by atoms with Crippen molar-refractivity contribution in [3.63, 3.8) is 0 Å². The molecule has 1 aromatic carbocycles. The first-order valence-electron chi connectivity index (χ1n) is 5.59. The van der Waals surface area contributed by atoms with Crippen LogP contribution in [-0.2, 0) is 9.53 Å². The van der Waals surface area contributed by atoms with Gasteiger partial charge in [0.1, 0.15) is 17.2 Å². The van der Waals surface area contributed by atoms with Crippen molar-refractivity contribution in [1.29, 1.82) is 0 Å². The molecule has 1 aliphatic carbocycles. The van der Waals surface area contributed by atoms with Crippen molar-refractivity contribution in [1.82, 2.24) is 5.32 Å². The van der Waals surface area contributed by atoms with E-state index in [1.807, 2.05) is 0 Å². The molecule has 1 saturated carbocycles. The Bertz CT molecular complexity index is 530. The first kappa shape index (κ1) is 13.3. The van der Waals surface area contributed by atoms with Gasteiger partial charge in [0.25, 0.3) is 0 Å². The summed E-state index contributed by atoms with van der Waals surface area (Å²) in [7, 11) is 1.22. The molecule has 0 bridgehead atoms. The van der Waals surface area contributed by atoms with E-state index in [0.717, 1.165) is 18.2 Å². The number of benzene rings is 1. The molecular weight excluding hydrogens is 258 g/mol. The predicted molar refractivity (Wildman–Crippen MR) is 62.5 cm³/mol. The molecule has 0 spiro atoms. The minimum Gasteiger partial charge on any atom is -0.467 e. The van der Waals surface area contributed by atoms with Crippen LogP contribution in [0.5, 0.6) is 0 Å². The van der Waals surface area contributed by atoms with Crippen LogP contribution >= 0.6 is 0 Å². The van der Waals surface area contributed by atoms with E-state index < -0.39 is 29.2 Å². The smallest absolute Gasteiger partial charge is 0.331 e. The Labute approximate surface area is 107 Å². The second-order valence-electron chi connectivity index (χ2n) is 4.28. The quantitative estimate of drug-likeness (QED) is 0.823. The molecule has 1 fully saturated rings. The number of rotatable bonds is 3. The van der Waals surface area contributed by atoms with E-state index in [2.05, 4.69) is 15.4 Å². The zero-order chi connectivity index (χ0) is 14.0. The first-order chi connectivity index (χ1) is 8.97. The van der Waals surface area contributed by atoms with Crippen molar-refractivity contribution >= 4 is 17.7 Å². The molecule has 19 heavy (non-hydrogen) atoms. The predicted octanol–water partition coefficient (Wildman–Crippen LogP) is 1.79. The molecule has 7 heteroatoms. The van der Waals surface area contributed by atoms with Gasteiger partial charge in [-0.15, -0.1) is 0 Å². The molecule has 102 valence electrons. The summed E-state index contributed by atoms with van der Waals surface area (Å²) in [6.45, 7) is 0. The molecule has 2 N–H and O–H groups in total. The lowest BCUT2D eigenvalue weighted by Gasteiger charge is -2.15. The first-order valence-corrected chi connectivity index (χ1v) is 5.59. The van der Waals surface area contributed by atoms with Crippen LogP contribution in [0.15, 0.2) is 18.2 Å². The van der Waals surface area contributed by atoms with Crippen molar-refractivity contribution in [2.45, 2.75) is 18.4 Å². The normalized spacial score (nSPS) is 15.5. The fourth-order valence-corrected chi connectivity index (χ4v) is 1.66. The summed E-state index contributed by atoms with van der Waals surface area (Å²) in [4.78, 5) is 23.0. The lowest BCUT2D eigenvalue weighted by Crippen LogP contribution is -2.45. The number of carbonyl (C=O) groups is 2. The van der Waals surface area contributed by atoms with Crippen LogP contribution in [0, 0.1) is 11.6 Å². The number of ether oxygens (including phenoxy) is 1. The van der Waals surface area contributed by atoms with Crippen molar-refractivity contribution in [2.75, 3.05) is 12.4 Å². The summed E-state index contributed by atoms with van der Waals surface area (Å²) in [6, 6.07) is 1.91. The number of urea groups is 1. The van der Waals surface area contributed by atoms with Crippen LogP contribution in [0.1, 0.15) is 12.8 Å². The lowest BCUT2D eigenvalue weighted by atomic mass is 10.2. The van der Waals surface area contributed by atoms with Gasteiger partial charge in [-0.2, -0.15) is 0 Å². The standard InChI is InChI=1S/C12H12F2N2O3/c1-19-10(17)12(4-5-12)16-11(18)15-9-6-7(13)2-3-8(9)14/h2-3,6H,4-5H2,1H3,(H2,15,16,18). The average Bonchev–Trinajstić information content (AvgIpc) is 3.13. The second-order valence-corrected chi connectivity index (χ2v) is 4.28. The number of nitrogens with one attached hydrogen (secondary N) is 2. The van der Waals surface area contributed by atoms with Crippen molar-refractivity contribution in [2.24, 2.45) is 0 Å². The fourth-order valence-electron chi connectivity index (χ4n) is 1.66. The zero-order valence-electron chi connectivity index (χ0n) is 10.1. The fraction of sp³-hybridized carbons (Fsp3) is 0.333. The number of hydrogen-bond acceptors (Lipinski definition) is 3. The maximum Gasteiger partial charge on any atom is 0.331 e. The summed E-state index contributed by atoms with van der Waals surface area (Å²) < 4.78 is 30.8. The molecule has 0 aromatic heterocycles. The highest BCUT2D eigenvalue weighted by atomic mass is 19.1. The van der Waals surface area contributed by atoms with Gasteiger partial charge in [-0.05, 0) is 25.0 Å². The van der Waals surface area contributed by atoms with E-state index in [4.69, 9.17) is 0 Å².